The molecular formula is C8H15N5O2S. The Bertz CT molecular complexity index is 330. The van der Waals surface area contributed by atoms with Gasteiger partial charge in [-0.3, -0.25) is 14.9 Å². The lowest BCUT2D eigenvalue weighted by Gasteiger charge is -2.00. The lowest BCUT2D eigenvalue weighted by Crippen LogP contribution is -2.30. The van der Waals surface area contributed by atoms with Crippen LogP contribution in [0, 0.1) is 0 Å². The molecule has 0 saturated carbocycles. The number of ether oxygens (including phenoxy) is 1. The first-order valence-corrected chi connectivity index (χ1v) is 5.91. The highest BCUT2D eigenvalue weighted by Crippen LogP contribution is 2.01. The highest BCUT2D eigenvalue weighted by atomic mass is 32.2. The third kappa shape index (κ3) is 4.17. The highest BCUT2D eigenvalue weighted by Gasteiger charge is 2.08. The summed E-state index contributed by atoms with van der Waals surface area (Å²) in [4.78, 5) is 11.1. The molecule has 1 aromatic rings. The van der Waals surface area contributed by atoms with Crippen molar-refractivity contribution < 1.29 is 9.53 Å². The molecule has 1 aromatic heterocycles. The maximum atomic E-state index is 11.1. The van der Waals surface area contributed by atoms with E-state index in [1.165, 1.54) is 0 Å². The van der Waals surface area contributed by atoms with E-state index in [2.05, 4.69) is 10.3 Å². The van der Waals surface area contributed by atoms with Crippen molar-refractivity contribution in [3.05, 3.63) is 11.9 Å². The van der Waals surface area contributed by atoms with E-state index in [0.717, 1.165) is 18.1 Å². The summed E-state index contributed by atoms with van der Waals surface area (Å²) in [5.74, 6) is 6.39. The van der Waals surface area contributed by atoms with Gasteiger partial charge in [-0.2, -0.15) is 11.8 Å². The Hall–Kier alpha value is -1.12. The third-order valence-electron chi connectivity index (χ3n) is 1.80. The van der Waals surface area contributed by atoms with Crippen LogP contribution in [-0.2, 0) is 11.3 Å². The molecule has 0 saturated heterocycles. The Balaban J connectivity index is 2.27. The zero-order valence-electron chi connectivity index (χ0n) is 9.05. The second-order valence-electron chi connectivity index (χ2n) is 2.95. The third-order valence-corrected chi connectivity index (χ3v) is 2.73. The summed E-state index contributed by atoms with van der Waals surface area (Å²) in [6.45, 7) is 1.45. The number of nitrogens with two attached hydrogens (primary N) is 1. The molecule has 1 rings (SSSR count). The van der Waals surface area contributed by atoms with E-state index in [1.54, 1.807) is 29.8 Å². The van der Waals surface area contributed by atoms with Gasteiger partial charge in [-0.15, -0.1) is 5.10 Å². The number of aromatic nitrogens is 3. The van der Waals surface area contributed by atoms with E-state index < -0.39 is 5.91 Å². The van der Waals surface area contributed by atoms with Crippen molar-refractivity contribution in [3.8, 4) is 0 Å². The van der Waals surface area contributed by atoms with Crippen LogP contribution in [0.1, 0.15) is 10.5 Å². The first-order valence-electron chi connectivity index (χ1n) is 4.75. The molecule has 0 aromatic carbocycles. The second-order valence-corrected chi connectivity index (χ2v) is 4.17. The zero-order chi connectivity index (χ0) is 11.8. The van der Waals surface area contributed by atoms with Crippen molar-refractivity contribution in [1.82, 2.24) is 20.4 Å². The molecule has 90 valence electrons. The largest absolute Gasteiger partial charge is 0.384 e. The van der Waals surface area contributed by atoms with E-state index in [0.29, 0.717) is 6.54 Å². The summed E-state index contributed by atoms with van der Waals surface area (Å²) >= 11 is 1.76. The predicted molar refractivity (Wildman–Crippen MR) is 60.9 cm³/mol. The summed E-state index contributed by atoms with van der Waals surface area (Å²) in [6.07, 6.45) is 1.57. The van der Waals surface area contributed by atoms with Gasteiger partial charge < -0.3 is 4.74 Å². The number of nitrogens with zero attached hydrogens (tertiary/aromatic N) is 3. The van der Waals surface area contributed by atoms with Crippen LogP contribution < -0.4 is 11.3 Å². The number of nitrogens with one attached hydrogen (secondary N) is 1. The van der Waals surface area contributed by atoms with Gasteiger partial charge in [-0.1, -0.05) is 5.21 Å². The second kappa shape index (κ2) is 7.20. The van der Waals surface area contributed by atoms with Gasteiger partial charge in [0.15, 0.2) is 5.69 Å². The maximum Gasteiger partial charge on any atom is 0.287 e. The molecule has 0 bridgehead atoms. The number of methoxy groups -OCH3 is 1. The zero-order valence-corrected chi connectivity index (χ0v) is 9.87. The van der Waals surface area contributed by atoms with Gasteiger partial charge in [0.2, 0.25) is 0 Å². The number of aryl methyl sites for hydroxylation is 1. The molecule has 0 unspecified atom stereocenters. The molecular weight excluding hydrogens is 230 g/mol. The van der Waals surface area contributed by atoms with Crippen LogP contribution in [0.15, 0.2) is 6.20 Å². The van der Waals surface area contributed by atoms with Crippen molar-refractivity contribution in [1.29, 1.82) is 0 Å². The van der Waals surface area contributed by atoms with Crippen LogP contribution in [0.4, 0.5) is 0 Å². The summed E-state index contributed by atoms with van der Waals surface area (Å²) in [6, 6.07) is 0. The number of carbonyl (C=O) groups excluding carboxylic acids is 1. The fourth-order valence-corrected chi connectivity index (χ4v) is 1.79. The molecule has 7 nitrogen and oxygen atoms in total. The smallest absolute Gasteiger partial charge is 0.287 e. The molecule has 0 aliphatic rings. The van der Waals surface area contributed by atoms with E-state index >= 15 is 0 Å². The quantitative estimate of drug-likeness (QED) is 0.284. The topological polar surface area (TPSA) is 95.1 Å². The van der Waals surface area contributed by atoms with Crippen LogP contribution in [0.3, 0.4) is 0 Å². The van der Waals surface area contributed by atoms with E-state index in [-0.39, 0.29) is 5.69 Å². The van der Waals surface area contributed by atoms with Gasteiger partial charge >= 0.3 is 0 Å². The van der Waals surface area contributed by atoms with Gasteiger partial charge in [0.25, 0.3) is 5.91 Å². The minimum absolute atomic E-state index is 0.226. The van der Waals surface area contributed by atoms with Crippen molar-refractivity contribution in [2.75, 3.05) is 25.2 Å². The first-order chi connectivity index (χ1) is 7.77. The number of nitrogen functional groups attached to an aromatic ring is 1. The van der Waals surface area contributed by atoms with Gasteiger partial charge in [0.05, 0.1) is 19.3 Å². The lowest BCUT2D eigenvalue weighted by molar-refractivity contribution is 0.0948. The SMILES string of the molecule is COCCSCCn1cc(C(=O)NN)nn1. The Morgan fingerprint density at radius 2 is 2.50 bits per heavy atom. The predicted octanol–water partition coefficient (Wildman–Crippen LogP) is -0.739. The number of hydrogen-bond acceptors (Lipinski definition) is 6. The Kier molecular flexibility index (Phi) is 5.83. The number of rotatable bonds is 7. The molecule has 0 aliphatic heterocycles. The molecule has 0 aliphatic carbocycles. The minimum Gasteiger partial charge on any atom is -0.384 e. The Morgan fingerprint density at radius 1 is 1.69 bits per heavy atom. The molecule has 0 fully saturated rings. The lowest BCUT2D eigenvalue weighted by atomic mass is 10.5. The van der Waals surface area contributed by atoms with E-state index in [4.69, 9.17) is 10.6 Å². The molecule has 0 atom stereocenters. The molecule has 3 N–H and O–H groups in total. The molecule has 1 amide bonds. The number of amides is 1. The fraction of sp³-hybridized carbons (Fsp3) is 0.625. The summed E-state index contributed by atoms with van der Waals surface area (Å²) in [7, 11) is 1.68. The van der Waals surface area contributed by atoms with Crippen LogP contribution >= 0.6 is 11.8 Å². The number of hydrogen-bond donors (Lipinski definition) is 2. The summed E-state index contributed by atoms with van der Waals surface area (Å²) in [5.41, 5.74) is 2.23. The van der Waals surface area contributed by atoms with Crippen LogP contribution in [0.2, 0.25) is 0 Å². The average Bonchev–Trinajstić information content (AvgIpc) is 2.76. The number of thioether (sulfide) groups is 1. The van der Waals surface area contributed by atoms with Crippen LogP contribution in [0.25, 0.3) is 0 Å². The fourth-order valence-electron chi connectivity index (χ4n) is 0.988. The molecule has 0 spiro atoms. The first kappa shape index (κ1) is 12.9. The number of hydrazine groups is 1. The van der Waals surface area contributed by atoms with Gasteiger partial charge in [0.1, 0.15) is 0 Å². The minimum atomic E-state index is -0.432. The van der Waals surface area contributed by atoms with E-state index in [9.17, 15) is 4.79 Å². The van der Waals surface area contributed by atoms with Gasteiger partial charge in [0, 0.05) is 18.6 Å². The van der Waals surface area contributed by atoms with E-state index in [1.807, 2.05) is 5.43 Å². The summed E-state index contributed by atoms with van der Waals surface area (Å²) < 4.78 is 6.54. The Labute approximate surface area is 97.7 Å². The highest BCUT2D eigenvalue weighted by molar-refractivity contribution is 7.99. The van der Waals surface area contributed by atoms with Crippen molar-refractivity contribution in [2.24, 2.45) is 5.84 Å². The van der Waals surface area contributed by atoms with Gasteiger partial charge in [-0.05, 0) is 0 Å². The molecule has 16 heavy (non-hydrogen) atoms. The molecule has 1 heterocycles. The average molecular weight is 245 g/mol. The van der Waals surface area contributed by atoms with Crippen LogP contribution in [-0.4, -0.2) is 46.1 Å². The number of carbonyl (C=O) groups is 1. The van der Waals surface area contributed by atoms with Gasteiger partial charge in [-0.25, -0.2) is 5.84 Å². The van der Waals surface area contributed by atoms with Crippen LogP contribution in [0.5, 0.6) is 0 Å². The monoisotopic (exact) mass is 245 g/mol. The molecule has 0 radical (unpaired) electrons. The van der Waals surface area contributed by atoms with Crippen molar-refractivity contribution in [3.63, 3.8) is 0 Å². The normalized spacial score (nSPS) is 10.4. The standard InChI is InChI=1S/C8H15N5O2S/c1-15-3-5-16-4-2-13-6-7(11-12-13)8(14)10-9/h6H,2-5,9H2,1H3,(H,10,14). The van der Waals surface area contributed by atoms with Crippen molar-refractivity contribution >= 4 is 17.7 Å². The summed E-state index contributed by atoms with van der Waals surface area (Å²) in [5, 5.41) is 7.50. The molecule has 8 heteroatoms. The van der Waals surface area contributed by atoms with Crippen molar-refractivity contribution in [2.45, 2.75) is 6.54 Å². The maximum absolute atomic E-state index is 11.1. The Morgan fingerprint density at radius 3 is 3.19 bits per heavy atom.